The maximum absolute atomic E-state index is 6.11. The van der Waals surface area contributed by atoms with Crippen LogP contribution in [0.5, 0.6) is 0 Å². The van der Waals surface area contributed by atoms with Crippen molar-refractivity contribution in [1.82, 2.24) is 19.9 Å². The van der Waals surface area contributed by atoms with Crippen LogP contribution in [0.4, 0.5) is 0 Å². The molecule has 1 saturated heterocycles. The summed E-state index contributed by atoms with van der Waals surface area (Å²) in [6.07, 6.45) is 2.97. The molecule has 0 amide bonds. The second-order valence-electron chi connectivity index (χ2n) is 4.50. The van der Waals surface area contributed by atoms with Crippen molar-refractivity contribution in [2.45, 2.75) is 31.4 Å². The van der Waals surface area contributed by atoms with Crippen molar-refractivity contribution < 1.29 is 4.74 Å². The highest BCUT2D eigenvalue weighted by atomic mass is 35.5. The van der Waals surface area contributed by atoms with Crippen molar-refractivity contribution in [3.63, 3.8) is 0 Å². The molecule has 0 aromatic carbocycles. The summed E-state index contributed by atoms with van der Waals surface area (Å²) < 4.78 is 7.51. The Hall–Kier alpha value is -0.650. The third kappa shape index (κ3) is 3.40. The van der Waals surface area contributed by atoms with Gasteiger partial charge in [0.1, 0.15) is 5.69 Å². The van der Waals surface area contributed by atoms with Gasteiger partial charge in [-0.2, -0.15) is 0 Å². The summed E-state index contributed by atoms with van der Waals surface area (Å²) in [6.45, 7) is 5.50. The number of hydrogen-bond donors (Lipinski definition) is 0. The standard InChI is InChI=1S/C11H19ClN4O/c1-3-10(12)11-8-16(14-13-11)7-9-6-15(2)4-5-17-9/h8-10H,3-7H2,1-2H3. The minimum absolute atomic E-state index is 0.0429. The molecular weight excluding hydrogens is 240 g/mol. The fourth-order valence-corrected chi connectivity index (χ4v) is 2.04. The molecule has 0 N–H and O–H groups in total. The van der Waals surface area contributed by atoms with E-state index in [9.17, 15) is 0 Å². The molecule has 1 aromatic rings. The highest BCUT2D eigenvalue weighted by Crippen LogP contribution is 2.20. The molecule has 17 heavy (non-hydrogen) atoms. The number of alkyl halides is 1. The Kier molecular flexibility index (Phi) is 4.36. The lowest BCUT2D eigenvalue weighted by Crippen LogP contribution is -2.42. The van der Waals surface area contributed by atoms with Gasteiger partial charge in [-0.25, -0.2) is 4.68 Å². The average Bonchev–Trinajstić information content (AvgIpc) is 2.76. The van der Waals surface area contributed by atoms with Crippen molar-refractivity contribution in [2.24, 2.45) is 0 Å². The van der Waals surface area contributed by atoms with Gasteiger partial charge in [-0.1, -0.05) is 12.1 Å². The number of morpholine rings is 1. The molecule has 2 rings (SSSR count). The third-order valence-electron chi connectivity index (χ3n) is 2.97. The van der Waals surface area contributed by atoms with Crippen molar-refractivity contribution in [1.29, 1.82) is 0 Å². The third-order valence-corrected chi connectivity index (χ3v) is 3.50. The monoisotopic (exact) mass is 258 g/mol. The predicted molar refractivity (Wildman–Crippen MR) is 66.1 cm³/mol. The summed E-state index contributed by atoms with van der Waals surface area (Å²) in [5.74, 6) is 0. The maximum atomic E-state index is 6.11. The van der Waals surface area contributed by atoms with Crippen molar-refractivity contribution in [3.05, 3.63) is 11.9 Å². The van der Waals surface area contributed by atoms with Crippen LogP contribution in [0.2, 0.25) is 0 Å². The molecule has 1 aromatic heterocycles. The van der Waals surface area contributed by atoms with E-state index >= 15 is 0 Å². The summed E-state index contributed by atoms with van der Waals surface area (Å²) in [5, 5.41) is 8.13. The quantitative estimate of drug-likeness (QED) is 0.764. The lowest BCUT2D eigenvalue weighted by Gasteiger charge is -2.29. The molecule has 0 aliphatic carbocycles. The van der Waals surface area contributed by atoms with Crippen molar-refractivity contribution in [3.8, 4) is 0 Å². The van der Waals surface area contributed by atoms with Crippen LogP contribution < -0.4 is 0 Å². The zero-order chi connectivity index (χ0) is 12.3. The molecule has 0 bridgehead atoms. The van der Waals surface area contributed by atoms with Gasteiger partial charge in [0.25, 0.3) is 0 Å². The van der Waals surface area contributed by atoms with E-state index in [1.165, 1.54) is 0 Å². The molecule has 0 saturated carbocycles. The number of ether oxygens (including phenoxy) is 1. The SMILES string of the molecule is CCC(Cl)c1cn(CC2CN(C)CCO2)nn1. The van der Waals surface area contributed by atoms with Gasteiger partial charge in [-0.05, 0) is 13.5 Å². The van der Waals surface area contributed by atoms with E-state index in [1.807, 2.05) is 17.8 Å². The molecule has 1 aliphatic heterocycles. The first-order valence-corrected chi connectivity index (χ1v) is 6.47. The highest BCUT2D eigenvalue weighted by Gasteiger charge is 2.19. The number of halogens is 1. The van der Waals surface area contributed by atoms with Crippen LogP contribution in [0.1, 0.15) is 24.4 Å². The number of hydrogen-bond acceptors (Lipinski definition) is 4. The Morgan fingerprint density at radius 1 is 1.65 bits per heavy atom. The molecule has 6 heteroatoms. The Bertz CT molecular complexity index is 357. The first kappa shape index (κ1) is 12.8. The predicted octanol–water partition coefficient (Wildman–Crippen LogP) is 1.30. The first-order chi connectivity index (χ1) is 8.19. The largest absolute Gasteiger partial charge is 0.374 e. The highest BCUT2D eigenvalue weighted by molar-refractivity contribution is 6.20. The lowest BCUT2D eigenvalue weighted by molar-refractivity contribution is -0.0292. The summed E-state index contributed by atoms with van der Waals surface area (Å²) in [6, 6.07) is 0. The second-order valence-corrected chi connectivity index (χ2v) is 5.02. The Balaban J connectivity index is 1.92. The van der Waals surface area contributed by atoms with E-state index in [0.29, 0.717) is 0 Å². The molecule has 2 atom stereocenters. The zero-order valence-electron chi connectivity index (χ0n) is 10.3. The zero-order valence-corrected chi connectivity index (χ0v) is 11.1. The summed E-state index contributed by atoms with van der Waals surface area (Å²) in [7, 11) is 2.11. The molecular formula is C11H19ClN4O. The average molecular weight is 259 g/mol. The maximum Gasteiger partial charge on any atom is 0.100 e. The number of rotatable bonds is 4. The van der Waals surface area contributed by atoms with Gasteiger partial charge in [0.2, 0.25) is 0 Å². The van der Waals surface area contributed by atoms with Crippen LogP contribution in [-0.4, -0.2) is 52.7 Å². The van der Waals surface area contributed by atoms with E-state index < -0.39 is 0 Å². The van der Waals surface area contributed by atoms with Gasteiger partial charge in [0, 0.05) is 13.1 Å². The van der Waals surface area contributed by atoms with Crippen molar-refractivity contribution >= 4 is 11.6 Å². The molecule has 1 fully saturated rings. The van der Waals surface area contributed by atoms with Crippen LogP contribution in [-0.2, 0) is 11.3 Å². The van der Waals surface area contributed by atoms with Gasteiger partial charge in [-0.3, -0.25) is 0 Å². The van der Waals surface area contributed by atoms with E-state index in [0.717, 1.165) is 38.4 Å². The minimum atomic E-state index is -0.0429. The van der Waals surface area contributed by atoms with E-state index in [2.05, 4.69) is 22.3 Å². The fraction of sp³-hybridized carbons (Fsp3) is 0.818. The minimum Gasteiger partial charge on any atom is -0.374 e. The molecule has 0 spiro atoms. The summed E-state index contributed by atoms with van der Waals surface area (Å²) in [5.41, 5.74) is 0.846. The molecule has 2 unspecified atom stereocenters. The number of likely N-dealkylation sites (N-methyl/N-ethyl adjacent to an activating group) is 1. The topological polar surface area (TPSA) is 43.2 Å². The fourth-order valence-electron chi connectivity index (χ4n) is 1.94. The molecule has 1 aliphatic rings. The van der Waals surface area contributed by atoms with Gasteiger partial charge in [-0.15, -0.1) is 16.7 Å². The Morgan fingerprint density at radius 3 is 3.18 bits per heavy atom. The van der Waals surface area contributed by atoms with E-state index in [1.54, 1.807) is 0 Å². The molecule has 0 radical (unpaired) electrons. The molecule has 96 valence electrons. The normalized spacial score (nSPS) is 23.8. The lowest BCUT2D eigenvalue weighted by atomic mass is 10.2. The van der Waals surface area contributed by atoms with E-state index in [-0.39, 0.29) is 11.5 Å². The van der Waals surface area contributed by atoms with Crippen LogP contribution in [0, 0.1) is 0 Å². The van der Waals surface area contributed by atoms with Crippen LogP contribution >= 0.6 is 11.6 Å². The van der Waals surface area contributed by atoms with Crippen LogP contribution in [0.3, 0.4) is 0 Å². The van der Waals surface area contributed by atoms with Crippen LogP contribution in [0.25, 0.3) is 0 Å². The number of aromatic nitrogens is 3. The summed E-state index contributed by atoms with van der Waals surface area (Å²) >= 11 is 6.11. The van der Waals surface area contributed by atoms with E-state index in [4.69, 9.17) is 16.3 Å². The smallest absolute Gasteiger partial charge is 0.100 e. The van der Waals surface area contributed by atoms with Gasteiger partial charge < -0.3 is 9.64 Å². The van der Waals surface area contributed by atoms with Gasteiger partial charge in [0.15, 0.2) is 0 Å². The number of nitrogens with zero attached hydrogens (tertiary/aromatic N) is 4. The molecule has 2 heterocycles. The Labute approximate surface area is 107 Å². The Morgan fingerprint density at radius 2 is 2.47 bits per heavy atom. The van der Waals surface area contributed by atoms with Gasteiger partial charge in [0.05, 0.1) is 30.8 Å². The summed E-state index contributed by atoms with van der Waals surface area (Å²) in [4.78, 5) is 2.27. The van der Waals surface area contributed by atoms with Crippen molar-refractivity contribution in [2.75, 3.05) is 26.7 Å². The first-order valence-electron chi connectivity index (χ1n) is 6.03. The van der Waals surface area contributed by atoms with Gasteiger partial charge >= 0.3 is 0 Å². The second kappa shape index (κ2) is 5.80. The molecule has 5 nitrogen and oxygen atoms in total. The van der Waals surface area contributed by atoms with Crippen LogP contribution in [0.15, 0.2) is 6.20 Å².